The zero-order chi connectivity index (χ0) is 10.9. The minimum absolute atomic E-state index is 0.151. The Morgan fingerprint density at radius 3 is 2.73 bits per heavy atom. The number of carbonyl (C=O) groups is 1. The van der Waals surface area contributed by atoms with Crippen LogP contribution in [0, 0.1) is 5.92 Å². The first-order chi connectivity index (χ1) is 7.13. The second-order valence-corrected chi connectivity index (χ2v) is 5.30. The molecular weight excluding hydrogens is 188 g/mol. The second-order valence-electron chi connectivity index (χ2n) is 5.30. The van der Waals surface area contributed by atoms with E-state index >= 15 is 0 Å². The number of nitrogens with two attached hydrogens (primary N) is 1. The van der Waals surface area contributed by atoms with E-state index in [0.717, 1.165) is 31.8 Å². The molecule has 1 saturated carbocycles. The van der Waals surface area contributed by atoms with Crippen molar-refractivity contribution in [3.63, 3.8) is 0 Å². The lowest BCUT2D eigenvalue weighted by molar-refractivity contribution is -0.132. The predicted molar refractivity (Wildman–Crippen MR) is 60.4 cm³/mol. The van der Waals surface area contributed by atoms with Crippen molar-refractivity contribution in [2.45, 2.75) is 51.0 Å². The fraction of sp³-hybridized carbons (Fsp3) is 0.917. The van der Waals surface area contributed by atoms with Gasteiger partial charge < -0.3 is 10.6 Å². The minimum Gasteiger partial charge on any atom is -0.342 e. The van der Waals surface area contributed by atoms with Crippen LogP contribution in [0.4, 0.5) is 0 Å². The smallest absolute Gasteiger partial charge is 0.224 e. The number of hydrogen-bond acceptors (Lipinski definition) is 2. The predicted octanol–water partition coefficient (Wildman–Crippen LogP) is 1.52. The van der Waals surface area contributed by atoms with Crippen molar-refractivity contribution in [1.82, 2.24) is 4.90 Å². The highest BCUT2D eigenvalue weighted by molar-refractivity contribution is 5.77. The van der Waals surface area contributed by atoms with Crippen LogP contribution in [-0.2, 0) is 4.79 Å². The van der Waals surface area contributed by atoms with Crippen LogP contribution in [-0.4, -0.2) is 29.4 Å². The third-order valence-corrected chi connectivity index (χ3v) is 4.07. The molecule has 1 atom stereocenters. The highest BCUT2D eigenvalue weighted by Gasteiger charge is 2.37. The Hall–Kier alpha value is -0.570. The molecule has 3 heteroatoms. The summed E-state index contributed by atoms with van der Waals surface area (Å²) in [5.74, 6) is 1.01. The molecule has 0 spiro atoms. The molecule has 1 unspecified atom stereocenters. The fourth-order valence-electron chi connectivity index (χ4n) is 2.61. The van der Waals surface area contributed by atoms with Crippen LogP contribution in [0.5, 0.6) is 0 Å². The maximum atomic E-state index is 12.0. The maximum Gasteiger partial charge on any atom is 0.224 e. The van der Waals surface area contributed by atoms with Crippen LogP contribution in [0.3, 0.4) is 0 Å². The Morgan fingerprint density at radius 1 is 1.53 bits per heavy atom. The van der Waals surface area contributed by atoms with E-state index in [1.54, 1.807) is 0 Å². The molecule has 0 aromatic heterocycles. The van der Waals surface area contributed by atoms with Gasteiger partial charge in [-0.1, -0.05) is 13.3 Å². The van der Waals surface area contributed by atoms with Gasteiger partial charge in [-0.05, 0) is 31.6 Å². The molecule has 1 aliphatic heterocycles. The maximum absolute atomic E-state index is 12.0. The van der Waals surface area contributed by atoms with E-state index in [4.69, 9.17) is 5.73 Å². The van der Waals surface area contributed by atoms with Crippen molar-refractivity contribution in [3.8, 4) is 0 Å². The Balaban J connectivity index is 1.81. The van der Waals surface area contributed by atoms with Crippen LogP contribution in [0.2, 0.25) is 0 Å². The number of carbonyl (C=O) groups excluding carboxylic acids is 1. The molecule has 86 valence electrons. The van der Waals surface area contributed by atoms with E-state index in [2.05, 4.69) is 6.92 Å². The number of likely N-dealkylation sites (tertiary alicyclic amines) is 1. The zero-order valence-corrected chi connectivity index (χ0v) is 9.67. The first-order valence-corrected chi connectivity index (χ1v) is 6.19. The quantitative estimate of drug-likeness (QED) is 0.767. The summed E-state index contributed by atoms with van der Waals surface area (Å²) in [5.41, 5.74) is 5.94. The van der Waals surface area contributed by atoms with Crippen molar-refractivity contribution in [2.24, 2.45) is 11.7 Å². The molecule has 3 nitrogen and oxygen atoms in total. The molecule has 1 aliphatic carbocycles. The monoisotopic (exact) mass is 210 g/mol. The molecule has 2 N–H and O–H groups in total. The van der Waals surface area contributed by atoms with E-state index in [1.165, 1.54) is 19.3 Å². The SMILES string of the molecule is CCC1CCN(C(=O)CC2(N)CCC2)C1. The largest absolute Gasteiger partial charge is 0.342 e. The topological polar surface area (TPSA) is 46.3 Å². The van der Waals surface area contributed by atoms with Crippen molar-refractivity contribution in [1.29, 1.82) is 0 Å². The average Bonchev–Trinajstić information content (AvgIpc) is 2.63. The fourth-order valence-corrected chi connectivity index (χ4v) is 2.61. The lowest BCUT2D eigenvalue weighted by atomic mass is 9.75. The first-order valence-electron chi connectivity index (χ1n) is 6.19. The van der Waals surface area contributed by atoms with Crippen molar-refractivity contribution < 1.29 is 4.79 Å². The van der Waals surface area contributed by atoms with E-state index in [-0.39, 0.29) is 11.4 Å². The van der Waals surface area contributed by atoms with E-state index in [0.29, 0.717) is 6.42 Å². The zero-order valence-electron chi connectivity index (χ0n) is 9.67. The Kier molecular flexibility index (Phi) is 3.01. The molecular formula is C12H22N2O. The van der Waals surface area contributed by atoms with Gasteiger partial charge in [-0.3, -0.25) is 4.79 Å². The van der Waals surface area contributed by atoms with Gasteiger partial charge in [0.1, 0.15) is 0 Å². The van der Waals surface area contributed by atoms with E-state index < -0.39 is 0 Å². The minimum atomic E-state index is -0.151. The summed E-state index contributed by atoms with van der Waals surface area (Å²) in [7, 11) is 0. The lowest BCUT2D eigenvalue weighted by Crippen LogP contribution is -2.50. The van der Waals surface area contributed by atoms with Crippen molar-refractivity contribution >= 4 is 5.91 Å². The van der Waals surface area contributed by atoms with E-state index in [1.807, 2.05) is 4.90 Å². The Morgan fingerprint density at radius 2 is 2.27 bits per heavy atom. The third kappa shape index (κ3) is 2.33. The Labute approximate surface area is 92.0 Å². The van der Waals surface area contributed by atoms with E-state index in [9.17, 15) is 4.79 Å². The molecule has 1 heterocycles. The molecule has 1 amide bonds. The van der Waals surface area contributed by atoms with Gasteiger partial charge >= 0.3 is 0 Å². The molecule has 2 rings (SSSR count). The summed E-state index contributed by atoms with van der Waals surface area (Å²) >= 11 is 0. The summed E-state index contributed by atoms with van der Waals surface area (Å²) in [6, 6.07) is 0. The summed E-state index contributed by atoms with van der Waals surface area (Å²) in [4.78, 5) is 14.0. The molecule has 15 heavy (non-hydrogen) atoms. The van der Waals surface area contributed by atoms with Gasteiger partial charge in [0, 0.05) is 25.0 Å². The van der Waals surface area contributed by atoms with Gasteiger partial charge in [-0.25, -0.2) is 0 Å². The lowest BCUT2D eigenvalue weighted by Gasteiger charge is -2.38. The summed E-state index contributed by atoms with van der Waals surface area (Å²) in [6.07, 6.45) is 6.20. The second kappa shape index (κ2) is 4.12. The number of nitrogens with zero attached hydrogens (tertiary/aromatic N) is 1. The molecule has 0 radical (unpaired) electrons. The molecule has 0 aromatic rings. The number of hydrogen-bond donors (Lipinski definition) is 1. The molecule has 0 bridgehead atoms. The molecule has 0 aromatic carbocycles. The van der Waals surface area contributed by atoms with Crippen molar-refractivity contribution in [2.75, 3.05) is 13.1 Å². The highest BCUT2D eigenvalue weighted by Crippen LogP contribution is 2.33. The molecule has 2 aliphatic rings. The highest BCUT2D eigenvalue weighted by atomic mass is 16.2. The van der Waals surface area contributed by atoms with Crippen molar-refractivity contribution in [3.05, 3.63) is 0 Å². The summed E-state index contributed by atoms with van der Waals surface area (Å²) in [5, 5.41) is 0. The van der Waals surface area contributed by atoms with Gasteiger partial charge in [0.2, 0.25) is 5.91 Å². The van der Waals surface area contributed by atoms with Crippen LogP contribution in [0.25, 0.3) is 0 Å². The normalized spacial score (nSPS) is 28.9. The molecule has 1 saturated heterocycles. The summed E-state index contributed by atoms with van der Waals surface area (Å²) in [6.45, 7) is 4.12. The number of amides is 1. The van der Waals surface area contributed by atoms with Gasteiger partial charge in [0.05, 0.1) is 0 Å². The van der Waals surface area contributed by atoms with Gasteiger partial charge in [0.15, 0.2) is 0 Å². The Bertz CT molecular complexity index is 248. The van der Waals surface area contributed by atoms with Crippen LogP contribution in [0.1, 0.15) is 45.4 Å². The number of rotatable bonds is 3. The third-order valence-electron chi connectivity index (χ3n) is 4.07. The summed E-state index contributed by atoms with van der Waals surface area (Å²) < 4.78 is 0. The van der Waals surface area contributed by atoms with Gasteiger partial charge in [-0.15, -0.1) is 0 Å². The van der Waals surface area contributed by atoms with Crippen LogP contribution < -0.4 is 5.73 Å². The standard InChI is InChI=1S/C12H22N2O/c1-2-10-4-7-14(9-10)11(15)8-12(13)5-3-6-12/h10H,2-9,13H2,1H3. The van der Waals surface area contributed by atoms with Gasteiger partial charge in [0.25, 0.3) is 0 Å². The average molecular weight is 210 g/mol. The van der Waals surface area contributed by atoms with Crippen LogP contribution >= 0.6 is 0 Å². The molecule has 2 fully saturated rings. The van der Waals surface area contributed by atoms with Crippen LogP contribution in [0.15, 0.2) is 0 Å². The first kappa shape index (κ1) is 10.9. The van der Waals surface area contributed by atoms with Gasteiger partial charge in [-0.2, -0.15) is 0 Å².